The van der Waals surface area contributed by atoms with Crippen LogP contribution in [0.1, 0.15) is 24.1 Å². The topological polar surface area (TPSA) is 96.6 Å². The third-order valence-corrected chi connectivity index (χ3v) is 5.31. The number of ether oxygens (including phenoxy) is 3. The van der Waals surface area contributed by atoms with Gasteiger partial charge in [0, 0.05) is 16.8 Å². The van der Waals surface area contributed by atoms with Crippen LogP contribution in [0.5, 0.6) is 17.2 Å². The number of rotatable bonds is 7. The van der Waals surface area contributed by atoms with Crippen molar-refractivity contribution in [3.05, 3.63) is 23.4 Å². The van der Waals surface area contributed by atoms with Crippen LogP contribution >= 0.6 is 11.8 Å². The van der Waals surface area contributed by atoms with Gasteiger partial charge in [-0.3, -0.25) is 4.79 Å². The molecule has 3 rings (SSSR count). The first kappa shape index (κ1) is 19.3. The number of aryl methyl sites for hydroxylation is 1. The van der Waals surface area contributed by atoms with Gasteiger partial charge in [0.1, 0.15) is 0 Å². The van der Waals surface area contributed by atoms with Gasteiger partial charge in [-0.1, -0.05) is 11.8 Å². The van der Waals surface area contributed by atoms with Crippen molar-refractivity contribution in [2.75, 3.05) is 27.1 Å². The van der Waals surface area contributed by atoms with Gasteiger partial charge in [0.25, 0.3) is 0 Å². The van der Waals surface area contributed by atoms with Crippen molar-refractivity contribution in [1.82, 2.24) is 9.97 Å². The number of nitrogens with two attached hydrogens (primary N) is 1. The molecular formula is C19H23N3O4S. The van der Waals surface area contributed by atoms with Gasteiger partial charge in [-0.15, -0.1) is 0 Å². The molecule has 0 spiro atoms. The van der Waals surface area contributed by atoms with Gasteiger partial charge in [-0.25, -0.2) is 9.97 Å². The van der Waals surface area contributed by atoms with E-state index in [-0.39, 0.29) is 5.75 Å². The molecule has 0 aliphatic heterocycles. The van der Waals surface area contributed by atoms with Crippen LogP contribution in [-0.2, 0) is 17.6 Å². The summed E-state index contributed by atoms with van der Waals surface area (Å²) in [5, 5.41) is 0.554. The summed E-state index contributed by atoms with van der Waals surface area (Å²) in [6.07, 6.45) is 4.02. The molecule has 0 fully saturated rings. The third kappa shape index (κ3) is 4.10. The van der Waals surface area contributed by atoms with Crippen molar-refractivity contribution in [3.8, 4) is 28.5 Å². The van der Waals surface area contributed by atoms with Gasteiger partial charge in [0.2, 0.25) is 11.7 Å². The maximum Gasteiger partial charge on any atom is 0.227 e. The molecule has 2 N–H and O–H groups in total. The minimum absolute atomic E-state index is 0.146. The maximum atomic E-state index is 11.2. The number of nitrogens with zero attached hydrogens (tertiary/aromatic N) is 2. The molecule has 1 aliphatic rings. The Bertz CT molecular complexity index is 832. The van der Waals surface area contributed by atoms with E-state index in [9.17, 15) is 4.79 Å². The predicted molar refractivity (Wildman–Crippen MR) is 104 cm³/mol. The number of hydrogen-bond donors (Lipinski definition) is 1. The van der Waals surface area contributed by atoms with Crippen LogP contribution in [0, 0.1) is 0 Å². The highest BCUT2D eigenvalue weighted by atomic mass is 32.2. The van der Waals surface area contributed by atoms with Crippen LogP contribution in [0.15, 0.2) is 17.3 Å². The number of benzene rings is 1. The van der Waals surface area contributed by atoms with E-state index in [1.54, 1.807) is 21.3 Å². The molecule has 1 aromatic carbocycles. The van der Waals surface area contributed by atoms with E-state index < -0.39 is 5.91 Å². The largest absolute Gasteiger partial charge is 0.493 e. The van der Waals surface area contributed by atoms with Crippen molar-refractivity contribution in [3.63, 3.8) is 0 Å². The van der Waals surface area contributed by atoms with Gasteiger partial charge >= 0.3 is 0 Å². The Morgan fingerprint density at radius 3 is 2.33 bits per heavy atom. The van der Waals surface area contributed by atoms with E-state index in [1.165, 1.54) is 11.8 Å². The van der Waals surface area contributed by atoms with Crippen molar-refractivity contribution in [1.29, 1.82) is 0 Å². The fourth-order valence-corrected chi connectivity index (χ4v) is 3.83. The predicted octanol–water partition coefficient (Wildman–Crippen LogP) is 2.63. The first-order chi connectivity index (χ1) is 13.1. The number of fused-ring (bicyclic) bond motifs is 1. The number of thioether (sulfide) groups is 1. The molecule has 1 aromatic heterocycles. The maximum absolute atomic E-state index is 11.2. The molecule has 0 unspecified atom stereocenters. The van der Waals surface area contributed by atoms with E-state index >= 15 is 0 Å². The summed E-state index contributed by atoms with van der Waals surface area (Å²) in [4.78, 5) is 20.5. The molecule has 0 radical (unpaired) electrons. The van der Waals surface area contributed by atoms with Crippen molar-refractivity contribution in [2.45, 2.75) is 30.8 Å². The number of hydrogen-bond acceptors (Lipinski definition) is 7. The molecule has 8 heteroatoms. The number of primary amides is 1. The normalized spacial score (nSPS) is 13.0. The van der Waals surface area contributed by atoms with Crippen molar-refractivity contribution < 1.29 is 19.0 Å². The smallest absolute Gasteiger partial charge is 0.227 e. The molecule has 2 aromatic rings. The zero-order valence-corrected chi connectivity index (χ0v) is 16.5. The lowest BCUT2D eigenvalue weighted by atomic mass is 9.92. The SMILES string of the molecule is COc1cc(-c2nc(SCC(N)=O)nc3c2CCCC3)cc(OC)c1OC. The highest BCUT2D eigenvalue weighted by Crippen LogP contribution is 2.42. The number of carbonyl (C=O) groups excluding carboxylic acids is 1. The lowest BCUT2D eigenvalue weighted by Gasteiger charge is -2.20. The molecule has 0 saturated carbocycles. The van der Waals surface area contributed by atoms with Crippen molar-refractivity contribution in [2.24, 2.45) is 5.73 Å². The fraction of sp³-hybridized carbons (Fsp3) is 0.421. The average Bonchev–Trinajstić information content (AvgIpc) is 2.70. The number of amides is 1. The summed E-state index contributed by atoms with van der Waals surface area (Å²) in [5.74, 6) is 1.43. The molecular weight excluding hydrogens is 366 g/mol. The quantitative estimate of drug-likeness (QED) is 0.574. The average molecular weight is 389 g/mol. The lowest BCUT2D eigenvalue weighted by molar-refractivity contribution is -0.115. The molecule has 7 nitrogen and oxygen atoms in total. The van der Waals surface area contributed by atoms with E-state index in [0.717, 1.165) is 48.2 Å². The van der Waals surface area contributed by atoms with Crippen LogP contribution in [0.2, 0.25) is 0 Å². The summed E-state index contributed by atoms with van der Waals surface area (Å²) in [5.41, 5.74) is 9.15. The highest BCUT2D eigenvalue weighted by molar-refractivity contribution is 7.99. The van der Waals surface area contributed by atoms with E-state index in [0.29, 0.717) is 22.4 Å². The molecule has 1 aliphatic carbocycles. The summed E-state index contributed by atoms with van der Waals surface area (Å²) < 4.78 is 16.4. The number of methoxy groups -OCH3 is 3. The second kappa shape index (κ2) is 8.47. The van der Waals surface area contributed by atoms with E-state index in [4.69, 9.17) is 24.9 Å². The Hall–Kier alpha value is -2.48. The summed E-state index contributed by atoms with van der Waals surface area (Å²) >= 11 is 1.25. The number of aromatic nitrogens is 2. The second-order valence-corrected chi connectivity index (χ2v) is 7.10. The van der Waals surface area contributed by atoms with Crippen LogP contribution < -0.4 is 19.9 Å². The minimum atomic E-state index is -0.393. The Kier molecular flexibility index (Phi) is 6.05. The Balaban J connectivity index is 2.14. The van der Waals surface area contributed by atoms with Gasteiger partial charge < -0.3 is 19.9 Å². The molecule has 0 bridgehead atoms. The zero-order chi connectivity index (χ0) is 19.4. The Morgan fingerprint density at radius 2 is 1.74 bits per heavy atom. The van der Waals surface area contributed by atoms with Gasteiger partial charge in [-0.05, 0) is 37.8 Å². The first-order valence-electron chi connectivity index (χ1n) is 8.68. The zero-order valence-electron chi connectivity index (χ0n) is 15.7. The standard InChI is InChI=1S/C19H23N3O4S/c1-24-14-8-11(9-15(25-2)18(14)26-3)17-12-6-4-5-7-13(12)21-19(22-17)27-10-16(20)23/h8-9H,4-7,10H2,1-3H3,(H2,20,23). The van der Waals surface area contributed by atoms with Crippen LogP contribution in [0.3, 0.4) is 0 Å². The van der Waals surface area contributed by atoms with E-state index in [2.05, 4.69) is 4.98 Å². The van der Waals surface area contributed by atoms with Gasteiger partial charge in [0.15, 0.2) is 16.7 Å². The second-order valence-electron chi connectivity index (χ2n) is 6.16. The van der Waals surface area contributed by atoms with Crippen LogP contribution in [-0.4, -0.2) is 43.0 Å². The summed E-state index contributed by atoms with van der Waals surface area (Å²) in [6.45, 7) is 0. The third-order valence-electron chi connectivity index (χ3n) is 4.44. The summed E-state index contributed by atoms with van der Waals surface area (Å²) in [6, 6.07) is 3.78. The molecule has 1 heterocycles. The lowest BCUT2D eigenvalue weighted by Crippen LogP contribution is -2.15. The fourth-order valence-electron chi connectivity index (χ4n) is 3.23. The van der Waals surface area contributed by atoms with E-state index in [1.807, 2.05) is 12.1 Å². The highest BCUT2D eigenvalue weighted by Gasteiger charge is 2.22. The summed E-state index contributed by atoms with van der Waals surface area (Å²) in [7, 11) is 4.75. The van der Waals surface area contributed by atoms with Gasteiger partial charge in [0.05, 0.1) is 32.8 Å². The van der Waals surface area contributed by atoms with Crippen molar-refractivity contribution >= 4 is 17.7 Å². The first-order valence-corrected chi connectivity index (χ1v) is 9.67. The molecule has 0 atom stereocenters. The molecule has 144 valence electrons. The van der Waals surface area contributed by atoms with Crippen LogP contribution in [0.25, 0.3) is 11.3 Å². The number of carbonyl (C=O) groups is 1. The van der Waals surface area contributed by atoms with Gasteiger partial charge in [-0.2, -0.15) is 0 Å². The molecule has 0 saturated heterocycles. The Morgan fingerprint density at radius 1 is 1.07 bits per heavy atom. The Labute approximate surface area is 162 Å². The van der Waals surface area contributed by atoms with Crippen LogP contribution in [0.4, 0.5) is 0 Å². The molecule has 1 amide bonds. The molecule has 27 heavy (non-hydrogen) atoms. The minimum Gasteiger partial charge on any atom is -0.493 e. The monoisotopic (exact) mass is 389 g/mol.